The van der Waals surface area contributed by atoms with Gasteiger partial charge < -0.3 is 15.1 Å². The van der Waals surface area contributed by atoms with E-state index in [1.54, 1.807) is 6.07 Å². The van der Waals surface area contributed by atoms with E-state index in [1.165, 1.54) is 32.4 Å². The molecule has 198 valence electrons. The summed E-state index contributed by atoms with van der Waals surface area (Å²) in [5.41, 5.74) is 3.17. The summed E-state index contributed by atoms with van der Waals surface area (Å²) in [6.45, 7) is 6.40. The van der Waals surface area contributed by atoms with Gasteiger partial charge in [-0.1, -0.05) is 47.8 Å². The molecule has 2 saturated heterocycles. The molecular formula is C28H35Cl2N5OS. The van der Waals surface area contributed by atoms with Gasteiger partial charge in [-0.25, -0.2) is 4.79 Å². The average molecular weight is 561 g/mol. The fourth-order valence-electron chi connectivity index (χ4n) is 5.71. The lowest BCUT2D eigenvalue weighted by Gasteiger charge is -2.34. The van der Waals surface area contributed by atoms with E-state index >= 15 is 0 Å². The third-order valence-corrected chi connectivity index (χ3v) is 8.73. The van der Waals surface area contributed by atoms with Crippen LogP contribution in [0.5, 0.6) is 0 Å². The van der Waals surface area contributed by atoms with Crippen LogP contribution in [0, 0.1) is 0 Å². The van der Waals surface area contributed by atoms with Crippen LogP contribution in [0.25, 0.3) is 11.0 Å². The first kappa shape index (κ1) is 26.5. The number of piperidine rings is 2. The maximum Gasteiger partial charge on any atom is 0.329 e. The molecule has 0 saturated carbocycles. The fraction of sp³-hybridized carbons (Fsp3) is 0.500. The molecule has 0 aliphatic carbocycles. The number of rotatable bonds is 7. The highest BCUT2D eigenvalue weighted by molar-refractivity contribution is 7.80. The van der Waals surface area contributed by atoms with E-state index in [0.717, 1.165) is 67.2 Å². The topological polar surface area (TPSA) is 45.4 Å². The number of likely N-dealkylation sites (tertiary alicyclic amines) is 2. The molecule has 1 aromatic heterocycles. The minimum atomic E-state index is 0.122. The molecule has 0 spiro atoms. The second-order valence-corrected chi connectivity index (χ2v) is 11.4. The van der Waals surface area contributed by atoms with Crippen molar-refractivity contribution in [3.63, 3.8) is 0 Å². The first-order valence-electron chi connectivity index (χ1n) is 13.4. The van der Waals surface area contributed by atoms with E-state index in [4.69, 9.17) is 35.4 Å². The summed E-state index contributed by atoms with van der Waals surface area (Å²) in [5.74, 6) is 0. The lowest BCUT2D eigenvalue weighted by atomic mass is 10.0. The largest absolute Gasteiger partial charge is 0.358 e. The normalized spacial score (nSPS) is 17.4. The molecule has 6 nitrogen and oxygen atoms in total. The SMILES string of the molecule is O=c1n(CCCN2CCCCC2)c2ccccc2n1C1CCN(C(=S)NCc2ccc(Cl)cc2Cl)CC1. The lowest BCUT2D eigenvalue weighted by Crippen LogP contribution is -2.45. The maximum absolute atomic E-state index is 13.6. The first-order chi connectivity index (χ1) is 18.0. The maximum atomic E-state index is 13.6. The van der Waals surface area contributed by atoms with Crippen molar-refractivity contribution in [2.45, 2.75) is 57.7 Å². The Morgan fingerprint density at radius 1 is 0.946 bits per heavy atom. The first-order valence-corrected chi connectivity index (χ1v) is 14.6. The van der Waals surface area contributed by atoms with Gasteiger partial charge in [-0.05, 0) is 93.8 Å². The molecule has 9 heteroatoms. The summed E-state index contributed by atoms with van der Waals surface area (Å²) in [5, 5.41) is 5.31. The third-order valence-electron chi connectivity index (χ3n) is 7.74. The molecule has 0 radical (unpaired) electrons. The van der Waals surface area contributed by atoms with Gasteiger partial charge in [0.25, 0.3) is 0 Å². The second-order valence-electron chi connectivity index (χ2n) is 10.2. The summed E-state index contributed by atoms with van der Waals surface area (Å²) in [6, 6.07) is 13.9. The van der Waals surface area contributed by atoms with Gasteiger partial charge in [0.1, 0.15) is 0 Å². The second kappa shape index (κ2) is 12.2. The molecule has 5 rings (SSSR count). The van der Waals surface area contributed by atoms with Crippen molar-refractivity contribution >= 4 is 51.6 Å². The van der Waals surface area contributed by atoms with Gasteiger partial charge in [-0.3, -0.25) is 9.13 Å². The van der Waals surface area contributed by atoms with Crippen molar-refractivity contribution in [2.75, 3.05) is 32.7 Å². The van der Waals surface area contributed by atoms with Crippen molar-refractivity contribution in [1.29, 1.82) is 0 Å². The summed E-state index contributed by atoms with van der Waals surface area (Å²) in [4.78, 5) is 18.4. The number of nitrogens with zero attached hydrogens (tertiary/aromatic N) is 4. The Bertz CT molecular complexity index is 1290. The molecule has 2 aromatic carbocycles. The number of para-hydroxylation sites is 2. The number of aromatic nitrogens is 2. The van der Waals surface area contributed by atoms with Gasteiger partial charge in [0.15, 0.2) is 5.11 Å². The van der Waals surface area contributed by atoms with Crippen LogP contribution in [0.1, 0.15) is 50.1 Å². The highest BCUT2D eigenvalue weighted by atomic mass is 35.5. The highest BCUT2D eigenvalue weighted by Gasteiger charge is 2.26. The van der Waals surface area contributed by atoms with Gasteiger partial charge in [-0.2, -0.15) is 0 Å². The van der Waals surface area contributed by atoms with E-state index in [1.807, 2.05) is 33.4 Å². The predicted octanol–water partition coefficient (Wildman–Crippen LogP) is 5.70. The summed E-state index contributed by atoms with van der Waals surface area (Å²) >= 11 is 18.0. The number of halogens is 2. The van der Waals surface area contributed by atoms with Gasteiger partial charge >= 0.3 is 5.69 Å². The zero-order valence-corrected chi connectivity index (χ0v) is 23.5. The van der Waals surface area contributed by atoms with E-state index in [-0.39, 0.29) is 11.7 Å². The number of fused-ring (bicyclic) bond motifs is 1. The van der Waals surface area contributed by atoms with Crippen molar-refractivity contribution in [1.82, 2.24) is 24.3 Å². The smallest absolute Gasteiger partial charge is 0.329 e. The quantitative estimate of drug-likeness (QED) is 0.376. The summed E-state index contributed by atoms with van der Waals surface area (Å²) < 4.78 is 4.03. The average Bonchev–Trinajstić information content (AvgIpc) is 3.20. The zero-order valence-electron chi connectivity index (χ0n) is 21.2. The van der Waals surface area contributed by atoms with Crippen LogP contribution in [0.2, 0.25) is 10.0 Å². The van der Waals surface area contributed by atoms with Crippen LogP contribution < -0.4 is 11.0 Å². The molecule has 2 aliphatic rings. The van der Waals surface area contributed by atoms with Crippen LogP contribution >= 0.6 is 35.4 Å². The Balaban J connectivity index is 1.21. The number of nitrogens with one attached hydrogen (secondary N) is 1. The summed E-state index contributed by atoms with van der Waals surface area (Å²) in [6.07, 6.45) is 6.71. The molecule has 3 aromatic rings. The molecule has 37 heavy (non-hydrogen) atoms. The Morgan fingerprint density at radius 3 is 2.41 bits per heavy atom. The molecule has 3 heterocycles. The minimum Gasteiger partial charge on any atom is -0.358 e. The standard InChI is InChI=1S/C28H35Cl2N5OS/c29-22-10-9-21(24(30)19-22)20-31-27(37)33-17-11-23(12-18-33)35-26-8-3-2-7-25(26)34(28(35)36)16-6-15-32-13-4-1-5-14-32/h2-3,7-10,19,23H,1,4-6,11-18,20H2,(H,31,37). The number of aryl methyl sites for hydroxylation is 1. The minimum absolute atomic E-state index is 0.122. The van der Waals surface area contributed by atoms with Crippen molar-refractivity contribution in [2.24, 2.45) is 0 Å². The van der Waals surface area contributed by atoms with Crippen LogP contribution in [0.3, 0.4) is 0 Å². The molecule has 2 fully saturated rings. The van der Waals surface area contributed by atoms with E-state index in [9.17, 15) is 4.79 Å². The number of hydrogen-bond acceptors (Lipinski definition) is 3. The van der Waals surface area contributed by atoms with Crippen LogP contribution in [0.15, 0.2) is 47.3 Å². The number of imidazole rings is 1. The monoisotopic (exact) mass is 559 g/mol. The molecule has 1 N–H and O–H groups in total. The van der Waals surface area contributed by atoms with Crippen molar-refractivity contribution in [3.05, 3.63) is 68.6 Å². The Labute approximate surface area is 234 Å². The Kier molecular flexibility index (Phi) is 8.75. The fourth-order valence-corrected chi connectivity index (χ4v) is 6.44. The highest BCUT2D eigenvalue weighted by Crippen LogP contribution is 2.26. The van der Waals surface area contributed by atoms with Crippen LogP contribution in [0.4, 0.5) is 0 Å². The van der Waals surface area contributed by atoms with E-state index in [2.05, 4.69) is 27.2 Å². The molecular weight excluding hydrogens is 525 g/mol. The van der Waals surface area contributed by atoms with Crippen molar-refractivity contribution < 1.29 is 0 Å². The third kappa shape index (κ3) is 6.17. The van der Waals surface area contributed by atoms with Crippen LogP contribution in [-0.2, 0) is 13.1 Å². The molecule has 0 atom stereocenters. The van der Waals surface area contributed by atoms with Crippen molar-refractivity contribution in [3.8, 4) is 0 Å². The molecule has 0 unspecified atom stereocenters. The lowest BCUT2D eigenvalue weighted by molar-refractivity contribution is 0.222. The summed E-state index contributed by atoms with van der Waals surface area (Å²) in [7, 11) is 0. The van der Waals surface area contributed by atoms with Gasteiger partial charge in [-0.15, -0.1) is 0 Å². The van der Waals surface area contributed by atoms with Crippen LogP contribution in [-0.4, -0.2) is 56.8 Å². The molecule has 0 bridgehead atoms. The van der Waals surface area contributed by atoms with E-state index < -0.39 is 0 Å². The zero-order chi connectivity index (χ0) is 25.8. The number of thiocarbonyl (C=S) groups is 1. The number of hydrogen-bond donors (Lipinski definition) is 1. The molecule has 2 aliphatic heterocycles. The molecule has 0 amide bonds. The predicted molar refractivity (Wildman–Crippen MR) is 157 cm³/mol. The van der Waals surface area contributed by atoms with Gasteiger partial charge in [0.2, 0.25) is 0 Å². The Morgan fingerprint density at radius 2 is 1.68 bits per heavy atom. The van der Waals surface area contributed by atoms with E-state index in [0.29, 0.717) is 16.6 Å². The Hall–Kier alpha value is -2.06. The number of benzene rings is 2. The van der Waals surface area contributed by atoms with Gasteiger partial charge in [0, 0.05) is 42.3 Å². The van der Waals surface area contributed by atoms with Gasteiger partial charge in [0.05, 0.1) is 11.0 Å².